The highest BCUT2D eigenvalue weighted by molar-refractivity contribution is 5.69. The molecule has 2 aliphatic heterocycles. The zero-order chi connectivity index (χ0) is 15.2. The van der Waals surface area contributed by atoms with Gasteiger partial charge >= 0.3 is 6.09 Å². The first kappa shape index (κ1) is 14.7. The van der Waals surface area contributed by atoms with Gasteiger partial charge in [-0.1, -0.05) is 30.3 Å². The van der Waals surface area contributed by atoms with Crippen molar-refractivity contribution in [1.82, 2.24) is 10.2 Å². The molecule has 1 saturated heterocycles. The van der Waals surface area contributed by atoms with Gasteiger partial charge in [-0.15, -0.1) is 0 Å². The Bertz CT molecular complexity index is 565. The van der Waals surface area contributed by atoms with Gasteiger partial charge in [0.05, 0.1) is 6.54 Å². The van der Waals surface area contributed by atoms with Crippen molar-refractivity contribution in [1.29, 1.82) is 0 Å². The summed E-state index contributed by atoms with van der Waals surface area (Å²) in [6, 6.07) is 10.1. The van der Waals surface area contributed by atoms with E-state index in [1.807, 2.05) is 36.4 Å². The molecule has 1 N–H and O–H groups in total. The van der Waals surface area contributed by atoms with Crippen LogP contribution in [-0.2, 0) is 16.1 Å². The lowest BCUT2D eigenvalue weighted by Gasteiger charge is -2.29. The van der Waals surface area contributed by atoms with Gasteiger partial charge in [0.1, 0.15) is 19.0 Å². The number of carbonyl (C=O) groups excluding carboxylic acids is 1. The Kier molecular flexibility index (Phi) is 4.75. The molecular formula is C17H20N2O3. The SMILES string of the molecule is O=C(OCc1ccccc1)N1C=CC=C(OC[C@H]2CCN2)C1. The van der Waals surface area contributed by atoms with Crippen LogP contribution in [0.15, 0.2) is 54.4 Å². The fourth-order valence-electron chi connectivity index (χ4n) is 2.25. The second kappa shape index (κ2) is 7.13. The van der Waals surface area contributed by atoms with Crippen LogP contribution in [-0.4, -0.2) is 36.7 Å². The van der Waals surface area contributed by atoms with E-state index in [0.717, 1.165) is 24.3 Å². The molecule has 1 fully saturated rings. The number of rotatable bonds is 5. The second-order valence-electron chi connectivity index (χ2n) is 5.39. The van der Waals surface area contributed by atoms with Crippen molar-refractivity contribution >= 4 is 6.09 Å². The summed E-state index contributed by atoms with van der Waals surface area (Å²) < 4.78 is 11.0. The first-order valence-electron chi connectivity index (χ1n) is 7.52. The third-order valence-corrected chi connectivity index (χ3v) is 3.71. The minimum atomic E-state index is -0.365. The minimum Gasteiger partial charge on any atom is -0.494 e. The topological polar surface area (TPSA) is 50.8 Å². The van der Waals surface area contributed by atoms with Crippen molar-refractivity contribution in [2.24, 2.45) is 0 Å². The number of ether oxygens (including phenoxy) is 2. The molecule has 2 aliphatic rings. The van der Waals surface area contributed by atoms with Gasteiger partial charge in [0.15, 0.2) is 0 Å². The second-order valence-corrected chi connectivity index (χ2v) is 5.39. The van der Waals surface area contributed by atoms with Gasteiger partial charge in [-0.25, -0.2) is 4.79 Å². The normalized spacial score (nSPS) is 20.1. The maximum atomic E-state index is 12.1. The molecule has 116 valence electrons. The van der Waals surface area contributed by atoms with E-state index in [0.29, 0.717) is 19.2 Å². The molecule has 1 aromatic rings. The maximum absolute atomic E-state index is 12.1. The Morgan fingerprint density at radius 3 is 2.86 bits per heavy atom. The van der Waals surface area contributed by atoms with Crippen molar-refractivity contribution in [2.45, 2.75) is 19.1 Å². The fraction of sp³-hybridized carbons (Fsp3) is 0.353. The molecule has 0 spiro atoms. The van der Waals surface area contributed by atoms with E-state index in [1.165, 1.54) is 4.90 Å². The molecule has 0 saturated carbocycles. The molecule has 2 heterocycles. The van der Waals surface area contributed by atoms with Gasteiger partial charge < -0.3 is 14.8 Å². The Hall–Kier alpha value is -2.27. The molecule has 1 aromatic carbocycles. The highest BCUT2D eigenvalue weighted by atomic mass is 16.6. The lowest BCUT2D eigenvalue weighted by atomic mass is 10.1. The van der Waals surface area contributed by atoms with Gasteiger partial charge in [0.25, 0.3) is 0 Å². The van der Waals surface area contributed by atoms with Crippen LogP contribution in [0, 0.1) is 0 Å². The Morgan fingerprint density at radius 2 is 2.14 bits per heavy atom. The molecular weight excluding hydrogens is 280 g/mol. The first-order valence-corrected chi connectivity index (χ1v) is 7.52. The summed E-state index contributed by atoms with van der Waals surface area (Å²) in [7, 11) is 0. The summed E-state index contributed by atoms with van der Waals surface area (Å²) in [5.74, 6) is 0.785. The lowest BCUT2D eigenvalue weighted by Crippen LogP contribution is -2.46. The molecule has 0 aromatic heterocycles. The lowest BCUT2D eigenvalue weighted by molar-refractivity contribution is 0.0979. The standard InChI is InChI=1S/C17H20N2O3/c20-17(22-12-14-5-2-1-3-6-14)19-10-4-7-16(11-19)21-13-15-8-9-18-15/h1-7,10,15,18H,8-9,11-13H2/t15-/m1/s1. The van der Waals surface area contributed by atoms with Crippen LogP contribution in [0.3, 0.4) is 0 Å². The number of nitrogens with zero attached hydrogens (tertiary/aromatic N) is 1. The van der Waals surface area contributed by atoms with Gasteiger partial charge in [0, 0.05) is 12.2 Å². The van der Waals surface area contributed by atoms with Crippen LogP contribution in [0.5, 0.6) is 0 Å². The summed E-state index contributed by atoms with van der Waals surface area (Å²) in [6.07, 6.45) is 6.18. The van der Waals surface area contributed by atoms with Crippen LogP contribution in [0.25, 0.3) is 0 Å². The molecule has 1 amide bonds. The van der Waals surface area contributed by atoms with Crippen molar-refractivity contribution < 1.29 is 14.3 Å². The van der Waals surface area contributed by atoms with Gasteiger partial charge in [-0.2, -0.15) is 0 Å². The van der Waals surface area contributed by atoms with Gasteiger partial charge in [-0.3, -0.25) is 4.90 Å². The zero-order valence-corrected chi connectivity index (χ0v) is 12.4. The summed E-state index contributed by atoms with van der Waals surface area (Å²) in [5.41, 5.74) is 0.972. The summed E-state index contributed by atoms with van der Waals surface area (Å²) in [5, 5.41) is 3.28. The number of nitrogens with one attached hydrogen (secondary N) is 1. The predicted molar refractivity (Wildman–Crippen MR) is 82.9 cm³/mol. The predicted octanol–water partition coefficient (Wildman–Crippen LogP) is 2.41. The van der Waals surface area contributed by atoms with Crippen molar-refractivity contribution in [3.05, 3.63) is 60.0 Å². The van der Waals surface area contributed by atoms with Crippen LogP contribution in [0.1, 0.15) is 12.0 Å². The number of hydrogen-bond acceptors (Lipinski definition) is 4. The smallest absolute Gasteiger partial charge is 0.414 e. The van der Waals surface area contributed by atoms with Crippen LogP contribution < -0.4 is 5.32 Å². The zero-order valence-electron chi connectivity index (χ0n) is 12.4. The van der Waals surface area contributed by atoms with Crippen LogP contribution in [0.2, 0.25) is 0 Å². The van der Waals surface area contributed by atoms with E-state index in [1.54, 1.807) is 12.3 Å². The van der Waals surface area contributed by atoms with Crippen LogP contribution >= 0.6 is 0 Å². The van der Waals surface area contributed by atoms with E-state index in [9.17, 15) is 4.79 Å². The first-order chi connectivity index (χ1) is 10.8. The van der Waals surface area contributed by atoms with E-state index >= 15 is 0 Å². The number of hydrogen-bond donors (Lipinski definition) is 1. The van der Waals surface area contributed by atoms with Crippen molar-refractivity contribution in [2.75, 3.05) is 19.7 Å². The van der Waals surface area contributed by atoms with Crippen molar-refractivity contribution in [3.63, 3.8) is 0 Å². The van der Waals surface area contributed by atoms with Gasteiger partial charge in [-0.05, 0) is 30.7 Å². The molecule has 0 radical (unpaired) electrons. The quantitative estimate of drug-likeness (QED) is 0.907. The third-order valence-electron chi connectivity index (χ3n) is 3.71. The maximum Gasteiger partial charge on any atom is 0.414 e. The largest absolute Gasteiger partial charge is 0.494 e. The minimum absolute atomic E-state index is 0.274. The monoisotopic (exact) mass is 300 g/mol. The molecule has 22 heavy (non-hydrogen) atoms. The average Bonchev–Trinajstić information content (AvgIpc) is 2.52. The summed E-state index contributed by atoms with van der Waals surface area (Å²) in [6.45, 7) is 2.39. The highest BCUT2D eigenvalue weighted by Crippen LogP contribution is 2.13. The molecule has 1 atom stereocenters. The number of amides is 1. The Labute approximate surface area is 130 Å². The molecule has 0 aliphatic carbocycles. The molecule has 5 heteroatoms. The van der Waals surface area contributed by atoms with E-state index in [2.05, 4.69) is 5.32 Å². The fourth-order valence-corrected chi connectivity index (χ4v) is 2.25. The van der Waals surface area contributed by atoms with E-state index in [4.69, 9.17) is 9.47 Å². The highest BCUT2D eigenvalue weighted by Gasteiger charge is 2.20. The van der Waals surface area contributed by atoms with E-state index < -0.39 is 0 Å². The number of carbonyl (C=O) groups is 1. The van der Waals surface area contributed by atoms with Gasteiger partial charge in [0.2, 0.25) is 0 Å². The average molecular weight is 300 g/mol. The summed E-state index contributed by atoms with van der Waals surface area (Å²) in [4.78, 5) is 13.6. The van der Waals surface area contributed by atoms with Crippen LogP contribution in [0.4, 0.5) is 4.79 Å². The number of allylic oxidation sites excluding steroid dienone is 2. The molecule has 5 nitrogen and oxygen atoms in total. The number of benzene rings is 1. The molecule has 0 bridgehead atoms. The Balaban J connectivity index is 1.44. The van der Waals surface area contributed by atoms with E-state index in [-0.39, 0.29) is 12.7 Å². The van der Waals surface area contributed by atoms with Crippen molar-refractivity contribution in [3.8, 4) is 0 Å². The molecule has 3 rings (SSSR count). The summed E-state index contributed by atoms with van der Waals surface area (Å²) >= 11 is 0. The Morgan fingerprint density at radius 1 is 1.32 bits per heavy atom. The molecule has 0 unspecified atom stereocenters. The third kappa shape index (κ3) is 3.89.